The summed E-state index contributed by atoms with van der Waals surface area (Å²) >= 11 is 1.57. The van der Waals surface area contributed by atoms with Gasteiger partial charge in [0.2, 0.25) is 0 Å². The Morgan fingerprint density at radius 2 is 2.16 bits per heavy atom. The van der Waals surface area contributed by atoms with E-state index in [9.17, 15) is 8.42 Å². The Labute approximate surface area is 151 Å². The Kier molecular flexibility index (Phi) is 5.12. The van der Waals surface area contributed by atoms with E-state index in [4.69, 9.17) is 4.42 Å². The number of hydrogen-bond acceptors (Lipinski definition) is 5. The Balaban J connectivity index is 1.82. The van der Waals surface area contributed by atoms with E-state index >= 15 is 0 Å². The monoisotopic (exact) mass is 379 g/mol. The molecule has 0 aromatic carbocycles. The van der Waals surface area contributed by atoms with Crippen molar-refractivity contribution in [2.75, 3.05) is 6.54 Å². The predicted octanol–water partition coefficient (Wildman–Crippen LogP) is 3.31. The highest BCUT2D eigenvalue weighted by Crippen LogP contribution is 2.27. The van der Waals surface area contributed by atoms with Crippen LogP contribution in [0, 0.1) is 0 Å². The second kappa shape index (κ2) is 7.15. The van der Waals surface area contributed by atoms with Gasteiger partial charge in [-0.25, -0.2) is 18.1 Å². The number of thiophene rings is 1. The zero-order valence-electron chi connectivity index (χ0n) is 14.3. The van der Waals surface area contributed by atoms with E-state index in [1.807, 2.05) is 36.7 Å². The van der Waals surface area contributed by atoms with Gasteiger partial charge < -0.3 is 8.98 Å². The first kappa shape index (κ1) is 17.9. The first-order valence-corrected chi connectivity index (χ1v) is 10.4. The average molecular weight is 380 g/mol. The van der Waals surface area contributed by atoms with Crippen molar-refractivity contribution in [3.05, 3.63) is 58.6 Å². The third kappa shape index (κ3) is 3.86. The zero-order chi connectivity index (χ0) is 18.0. The van der Waals surface area contributed by atoms with Gasteiger partial charge in [0.1, 0.15) is 11.6 Å². The molecular formula is C17H21N3O3S2. The number of imidazole rings is 1. The van der Waals surface area contributed by atoms with Crippen molar-refractivity contribution in [2.24, 2.45) is 7.05 Å². The lowest BCUT2D eigenvalue weighted by atomic mass is 10.00. The quantitative estimate of drug-likeness (QED) is 0.683. The zero-order valence-corrected chi connectivity index (χ0v) is 16.0. The third-order valence-corrected chi connectivity index (χ3v) is 5.99. The molecule has 1 N–H and O–H groups in total. The molecule has 1 unspecified atom stereocenters. The maximum absolute atomic E-state index is 12.6. The van der Waals surface area contributed by atoms with Gasteiger partial charge in [-0.05, 0) is 34.5 Å². The van der Waals surface area contributed by atoms with Crippen LogP contribution in [0.15, 0.2) is 50.9 Å². The summed E-state index contributed by atoms with van der Waals surface area (Å²) in [6.45, 7) is 4.17. The highest BCUT2D eigenvalue weighted by atomic mass is 32.2. The lowest BCUT2D eigenvalue weighted by Gasteiger charge is -2.14. The summed E-state index contributed by atoms with van der Waals surface area (Å²) < 4.78 is 35.2. The van der Waals surface area contributed by atoms with Crippen LogP contribution in [-0.2, 0) is 17.1 Å². The summed E-state index contributed by atoms with van der Waals surface area (Å²) in [6.07, 6.45) is 3.14. The Morgan fingerprint density at radius 1 is 1.36 bits per heavy atom. The number of nitrogens with zero attached hydrogens (tertiary/aromatic N) is 2. The molecule has 134 valence electrons. The first-order valence-electron chi connectivity index (χ1n) is 7.97. The van der Waals surface area contributed by atoms with Gasteiger partial charge in [-0.15, -0.1) is 0 Å². The Morgan fingerprint density at radius 3 is 2.72 bits per heavy atom. The lowest BCUT2D eigenvalue weighted by Crippen LogP contribution is -2.29. The van der Waals surface area contributed by atoms with Crippen LogP contribution in [-0.4, -0.2) is 24.5 Å². The number of sulfonamides is 1. The molecule has 25 heavy (non-hydrogen) atoms. The Bertz CT molecular complexity index is 876. The number of aryl methyl sites for hydroxylation is 1. The fourth-order valence-corrected chi connectivity index (χ4v) is 4.49. The minimum absolute atomic E-state index is 0.0437. The highest BCUT2D eigenvalue weighted by Gasteiger charge is 2.24. The molecule has 6 nitrogen and oxygen atoms in total. The van der Waals surface area contributed by atoms with Crippen molar-refractivity contribution in [2.45, 2.75) is 30.7 Å². The van der Waals surface area contributed by atoms with Crippen LogP contribution in [0.5, 0.6) is 0 Å². The molecule has 0 aliphatic rings. The van der Waals surface area contributed by atoms with E-state index in [1.54, 1.807) is 41.5 Å². The molecular weight excluding hydrogens is 358 g/mol. The molecule has 3 rings (SSSR count). The van der Waals surface area contributed by atoms with Gasteiger partial charge in [0.15, 0.2) is 5.03 Å². The number of furan rings is 1. The standard InChI is InChI=1S/C17H21N3O3S2/c1-12(2)17-19-16(10-20(17)3)25(21,22)18-9-14(13-6-8-24-11-13)15-5-4-7-23-15/h4-8,10-12,14,18H,9H2,1-3H3. The highest BCUT2D eigenvalue weighted by molar-refractivity contribution is 7.89. The predicted molar refractivity (Wildman–Crippen MR) is 97.4 cm³/mol. The van der Waals surface area contributed by atoms with Crippen LogP contribution in [0.2, 0.25) is 0 Å². The molecule has 0 aliphatic carbocycles. The molecule has 0 radical (unpaired) electrons. The van der Waals surface area contributed by atoms with Gasteiger partial charge in [-0.1, -0.05) is 13.8 Å². The van der Waals surface area contributed by atoms with Crippen molar-refractivity contribution in [1.82, 2.24) is 14.3 Å². The topological polar surface area (TPSA) is 77.1 Å². The summed E-state index contributed by atoms with van der Waals surface area (Å²) in [5.41, 5.74) is 1.02. The van der Waals surface area contributed by atoms with Gasteiger partial charge in [-0.2, -0.15) is 11.3 Å². The van der Waals surface area contributed by atoms with E-state index in [0.29, 0.717) is 0 Å². The lowest BCUT2D eigenvalue weighted by molar-refractivity contribution is 0.481. The SMILES string of the molecule is CC(C)c1nc(S(=O)(=O)NCC(c2ccsc2)c2ccco2)cn1C. The van der Waals surface area contributed by atoms with Crippen LogP contribution in [0.1, 0.15) is 42.8 Å². The Hall–Kier alpha value is -1.90. The van der Waals surface area contributed by atoms with Gasteiger partial charge >= 0.3 is 0 Å². The van der Waals surface area contributed by atoms with Crippen molar-refractivity contribution >= 4 is 21.4 Å². The van der Waals surface area contributed by atoms with Gasteiger partial charge in [0.25, 0.3) is 10.0 Å². The summed E-state index contributed by atoms with van der Waals surface area (Å²) in [5.74, 6) is 1.44. The minimum Gasteiger partial charge on any atom is -0.469 e. The van der Waals surface area contributed by atoms with Crippen molar-refractivity contribution < 1.29 is 12.8 Å². The van der Waals surface area contributed by atoms with Gasteiger partial charge in [-0.3, -0.25) is 0 Å². The molecule has 0 bridgehead atoms. The normalized spacial score (nSPS) is 13.4. The van der Waals surface area contributed by atoms with Crippen LogP contribution in [0.4, 0.5) is 0 Å². The number of hydrogen-bond donors (Lipinski definition) is 1. The number of nitrogens with one attached hydrogen (secondary N) is 1. The molecule has 3 aromatic rings. The smallest absolute Gasteiger partial charge is 0.259 e. The molecule has 1 atom stereocenters. The molecule has 8 heteroatoms. The van der Waals surface area contributed by atoms with Crippen molar-refractivity contribution in [1.29, 1.82) is 0 Å². The summed E-state index contributed by atoms with van der Waals surface area (Å²) in [4.78, 5) is 4.28. The van der Waals surface area contributed by atoms with E-state index in [1.165, 1.54) is 0 Å². The number of aromatic nitrogens is 2. The number of rotatable bonds is 7. The summed E-state index contributed by atoms with van der Waals surface area (Å²) in [7, 11) is -1.89. The molecule has 0 fully saturated rings. The van der Waals surface area contributed by atoms with Crippen molar-refractivity contribution in [3.8, 4) is 0 Å². The molecule has 0 saturated heterocycles. The fraction of sp³-hybridized carbons (Fsp3) is 0.353. The second-order valence-corrected chi connectivity index (χ2v) is 8.67. The maximum Gasteiger partial charge on any atom is 0.259 e. The molecule has 3 heterocycles. The van der Waals surface area contributed by atoms with E-state index < -0.39 is 10.0 Å². The maximum atomic E-state index is 12.6. The van der Waals surface area contributed by atoms with E-state index in [2.05, 4.69) is 9.71 Å². The van der Waals surface area contributed by atoms with Gasteiger partial charge in [0, 0.05) is 25.7 Å². The van der Waals surface area contributed by atoms with E-state index in [-0.39, 0.29) is 23.4 Å². The van der Waals surface area contributed by atoms with Gasteiger partial charge in [0.05, 0.1) is 12.2 Å². The molecule has 0 saturated carbocycles. The largest absolute Gasteiger partial charge is 0.469 e. The van der Waals surface area contributed by atoms with Crippen LogP contribution < -0.4 is 4.72 Å². The molecule has 0 aliphatic heterocycles. The summed E-state index contributed by atoms with van der Waals surface area (Å²) in [5, 5.41) is 4.01. The van der Waals surface area contributed by atoms with Crippen LogP contribution in [0.3, 0.4) is 0 Å². The van der Waals surface area contributed by atoms with Crippen LogP contribution in [0.25, 0.3) is 0 Å². The fourth-order valence-electron chi connectivity index (χ4n) is 2.73. The minimum atomic E-state index is -3.69. The molecule has 0 amide bonds. The van der Waals surface area contributed by atoms with Crippen LogP contribution >= 0.6 is 11.3 Å². The molecule has 0 spiro atoms. The van der Waals surface area contributed by atoms with Crippen molar-refractivity contribution in [3.63, 3.8) is 0 Å². The van der Waals surface area contributed by atoms with E-state index in [0.717, 1.165) is 17.1 Å². The average Bonchev–Trinajstić information content (AvgIpc) is 3.28. The second-order valence-electron chi connectivity index (χ2n) is 6.18. The first-order chi connectivity index (χ1) is 11.9. The summed E-state index contributed by atoms with van der Waals surface area (Å²) in [6, 6.07) is 5.63. The molecule has 3 aromatic heterocycles. The third-order valence-electron chi connectivity index (χ3n) is 3.99.